The summed E-state index contributed by atoms with van der Waals surface area (Å²) < 4.78 is 5.07. The number of esters is 1. The third-order valence-corrected chi connectivity index (χ3v) is 2.76. The molecule has 3 heteroatoms. The Balaban J connectivity index is 2.14. The first-order chi connectivity index (χ1) is 6.72. The first kappa shape index (κ1) is 11.5. The lowest BCUT2D eigenvalue weighted by atomic mass is 9.94. The number of rotatable bonds is 4. The molecule has 1 rings (SSSR count). The second-order valence-electron chi connectivity index (χ2n) is 4.17. The number of likely N-dealkylation sites (tertiary alicyclic amines) is 1. The quantitative estimate of drug-likeness (QED) is 0.645. The molecule has 0 aromatic heterocycles. The summed E-state index contributed by atoms with van der Waals surface area (Å²) in [5, 5.41) is 0. The summed E-state index contributed by atoms with van der Waals surface area (Å²) in [6.45, 7) is 4.83. The highest BCUT2D eigenvalue weighted by Crippen LogP contribution is 2.19. The van der Waals surface area contributed by atoms with E-state index >= 15 is 0 Å². The van der Waals surface area contributed by atoms with E-state index in [-0.39, 0.29) is 5.97 Å². The highest BCUT2D eigenvalue weighted by atomic mass is 16.5. The summed E-state index contributed by atoms with van der Waals surface area (Å²) in [5.74, 6) is 0.539. The first-order valence-electron chi connectivity index (χ1n) is 5.56. The van der Waals surface area contributed by atoms with Gasteiger partial charge in [-0.25, -0.2) is 0 Å². The summed E-state index contributed by atoms with van der Waals surface area (Å²) in [6, 6.07) is 0. The normalized spacial score (nSPS) is 19.6. The van der Waals surface area contributed by atoms with Crippen LogP contribution in [0, 0.1) is 5.92 Å². The summed E-state index contributed by atoms with van der Waals surface area (Å²) in [4.78, 5) is 13.6. The molecule has 1 fully saturated rings. The van der Waals surface area contributed by atoms with Gasteiger partial charge in [-0.3, -0.25) is 4.79 Å². The number of piperidine rings is 1. The molecule has 0 saturated carbocycles. The average molecular weight is 199 g/mol. The maximum Gasteiger partial charge on any atom is 0.306 e. The SMILES string of the molecule is CCCOC(=O)CC1CCN(C)CC1. The van der Waals surface area contributed by atoms with Crippen molar-refractivity contribution in [2.24, 2.45) is 5.92 Å². The third-order valence-electron chi connectivity index (χ3n) is 2.76. The van der Waals surface area contributed by atoms with Crippen molar-refractivity contribution in [1.29, 1.82) is 0 Å². The van der Waals surface area contributed by atoms with Crippen LogP contribution < -0.4 is 0 Å². The molecule has 1 saturated heterocycles. The van der Waals surface area contributed by atoms with E-state index in [1.807, 2.05) is 6.92 Å². The van der Waals surface area contributed by atoms with Gasteiger partial charge in [-0.15, -0.1) is 0 Å². The average Bonchev–Trinajstić information content (AvgIpc) is 2.18. The number of carbonyl (C=O) groups is 1. The van der Waals surface area contributed by atoms with Gasteiger partial charge < -0.3 is 9.64 Å². The molecule has 1 heterocycles. The van der Waals surface area contributed by atoms with E-state index in [9.17, 15) is 4.79 Å². The van der Waals surface area contributed by atoms with Crippen molar-refractivity contribution in [2.75, 3.05) is 26.7 Å². The van der Waals surface area contributed by atoms with Crippen LogP contribution in [0.15, 0.2) is 0 Å². The van der Waals surface area contributed by atoms with E-state index in [4.69, 9.17) is 4.74 Å². The van der Waals surface area contributed by atoms with Crippen LogP contribution >= 0.6 is 0 Å². The Labute approximate surface area is 86.4 Å². The van der Waals surface area contributed by atoms with E-state index in [2.05, 4.69) is 11.9 Å². The molecule has 0 N–H and O–H groups in total. The van der Waals surface area contributed by atoms with Gasteiger partial charge in [0.05, 0.1) is 6.61 Å². The van der Waals surface area contributed by atoms with Crippen molar-refractivity contribution in [3.63, 3.8) is 0 Å². The summed E-state index contributed by atoms with van der Waals surface area (Å²) >= 11 is 0. The molecule has 0 atom stereocenters. The zero-order valence-corrected chi connectivity index (χ0v) is 9.29. The fraction of sp³-hybridized carbons (Fsp3) is 0.909. The number of ether oxygens (including phenoxy) is 1. The smallest absolute Gasteiger partial charge is 0.306 e. The largest absolute Gasteiger partial charge is 0.466 e. The highest BCUT2D eigenvalue weighted by molar-refractivity contribution is 5.69. The van der Waals surface area contributed by atoms with E-state index < -0.39 is 0 Å². The lowest BCUT2D eigenvalue weighted by Crippen LogP contribution is -2.31. The molecule has 1 aliphatic rings. The van der Waals surface area contributed by atoms with Gasteiger partial charge in [0.15, 0.2) is 0 Å². The molecular weight excluding hydrogens is 178 g/mol. The van der Waals surface area contributed by atoms with Gasteiger partial charge >= 0.3 is 5.97 Å². The van der Waals surface area contributed by atoms with Gasteiger partial charge in [-0.1, -0.05) is 6.92 Å². The second kappa shape index (κ2) is 6.02. The van der Waals surface area contributed by atoms with Crippen LogP contribution in [0.4, 0.5) is 0 Å². The fourth-order valence-corrected chi connectivity index (χ4v) is 1.78. The van der Waals surface area contributed by atoms with Crippen molar-refractivity contribution >= 4 is 5.97 Å². The number of nitrogens with zero attached hydrogens (tertiary/aromatic N) is 1. The van der Waals surface area contributed by atoms with Gasteiger partial charge in [0.1, 0.15) is 0 Å². The predicted octanol–water partition coefficient (Wildman–Crippen LogP) is 1.67. The Morgan fingerprint density at radius 1 is 1.43 bits per heavy atom. The maximum absolute atomic E-state index is 11.3. The lowest BCUT2D eigenvalue weighted by molar-refractivity contribution is -0.145. The van der Waals surface area contributed by atoms with Crippen LogP contribution in [0.25, 0.3) is 0 Å². The first-order valence-corrected chi connectivity index (χ1v) is 5.56. The van der Waals surface area contributed by atoms with E-state index in [1.165, 1.54) is 0 Å². The molecule has 0 bridgehead atoms. The Morgan fingerprint density at radius 2 is 2.07 bits per heavy atom. The van der Waals surface area contributed by atoms with Crippen molar-refractivity contribution in [3.8, 4) is 0 Å². The van der Waals surface area contributed by atoms with Crippen LogP contribution in [0.3, 0.4) is 0 Å². The minimum atomic E-state index is -0.0126. The van der Waals surface area contributed by atoms with Crippen LogP contribution in [0.5, 0.6) is 0 Å². The lowest BCUT2D eigenvalue weighted by Gasteiger charge is -2.28. The third kappa shape index (κ3) is 4.09. The van der Waals surface area contributed by atoms with Gasteiger partial charge in [0.25, 0.3) is 0 Å². The van der Waals surface area contributed by atoms with Crippen molar-refractivity contribution < 1.29 is 9.53 Å². The Kier molecular flexibility index (Phi) is 4.94. The highest BCUT2D eigenvalue weighted by Gasteiger charge is 2.19. The van der Waals surface area contributed by atoms with E-state index in [0.29, 0.717) is 18.9 Å². The van der Waals surface area contributed by atoms with Crippen LogP contribution in [0.1, 0.15) is 32.6 Å². The molecule has 0 aromatic carbocycles. The topological polar surface area (TPSA) is 29.5 Å². The predicted molar refractivity (Wildman–Crippen MR) is 56.1 cm³/mol. The van der Waals surface area contributed by atoms with Crippen molar-refractivity contribution in [2.45, 2.75) is 32.6 Å². The molecular formula is C11H21NO2. The Hall–Kier alpha value is -0.570. The van der Waals surface area contributed by atoms with Crippen LogP contribution in [-0.4, -0.2) is 37.6 Å². The molecule has 0 aliphatic carbocycles. The standard InChI is InChI=1S/C11H21NO2/c1-3-8-14-11(13)9-10-4-6-12(2)7-5-10/h10H,3-9H2,1-2H3. The fourth-order valence-electron chi connectivity index (χ4n) is 1.78. The molecule has 1 aliphatic heterocycles. The van der Waals surface area contributed by atoms with Crippen LogP contribution in [0.2, 0.25) is 0 Å². The molecule has 0 unspecified atom stereocenters. The minimum absolute atomic E-state index is 0.0126. The molecule has 0 spiro atoms. The zero-order chi connectivity index (χ0) is 10.4. The number of hydrogen-bond acceptors (Lipinski definition) is 3. The minimum Gasteiger partial charge on any atom is -0.466 e. The molecule has 82 valence electrons. The molecule has 3 nitrogen and oxygen atoms in total. The molecule has 0 radical (unpaired) electrons. The van der Waals surface area contributed by atoms with E-state index in [0.717, 1.165) is 32.4 Å². The summed E-state index contributed by atoms with van der Waals surface area (Å²) in [5.41, 5.74) is 0. The van der Waals surface area contributed by atoms with Crippen LogP contribution in [-0.2, 0) is 9.53 Å². The molecule has 0 amide bonds. The van der Waals surface area contributed by atoms with Gasteiger partial charge in [-0.2, -0.15) is 0 Å². The molecule has 0 aromatic rings. The summed E-state index contributed by atoms with van der Waals surface area (Å²) in [6.07, 6.45) is 3.81. The van der Waals surface area contributed by atoms with Gasteiger partial charge in [0.2, 0.25) is 0 Å². The maximum atomic E-state index is 11.3. The van der Waals surface area contributed by atoms with Crippen molar-refractivity contribution in [3.05, 3.63) is 0 Å². The number of carbonyl (C=O) groups excluding carboxylic acids is 1. The van der Waals surface area contributed by atoms with Gasteiger partial charge in [-0.05, 0) is 45.3 Å². The monoisotopic (exact) mass is 199 g/mol. The van der Waals surface area contributed by atoms with E-state index in [1.54, 1.807) is 0 Å². The van der Waals surface area contributed by atoms with Gasteiger partial charge in [0, 0.05) is 6.42 Å². The second-order valence-corrected chi connectivity index (χ2v) is 4.17. The molecule has 14 heavy (non-hydrogen) atoms. The summed E-state index contributed by atoms with van der Waals surface area (Å²) in [7, 11) is 2.13. The number of hydrogen-bond donors (Lipinski definition) is 0. The Bertz CT molecular complexity index is 174. The Morgan fingerprint density at radius 3 is 2.64 bits per heavy atom. The zero-order valence-electron chi connectivity index (χ0n) is 9.29. The van der Waals surface area contributed by atoms with Crippen molar-refractivity contribution in [1.82, 2.24) is 4.90 Å².